The zero-order valence-electron chi connectivity index (χ0n) is 13.0. The van der Waals surface area contributed by atoms with Crippen LogP contribution in [0.15, 0.2) is 36.7 Å². The second-order valence-corrected chi connectivity index (χ2v) is 5.68. The number of carboxylic acid groups (broad SMARTS) is 1. The number of carbonyl (C=O) groups is 2. The van der Waals surface area contributed by atoms with Gasteiger partial charge in [-0.05, 0) is 17.7 Å². The number of aromatic nitrogens is 2. The molecule has 1 aromatic heterocycles. The summed E-state index contributed by atoms with van der Waals surface area (Å²) >= 11 is 5.80. The second kappa shape index (κ2) is 8.25. The van der Waals surface area contributed by atoms with E-state index in [4.69, 9.17) is 16.7 Å². The van der Waals surface area contributed by atoms with Crippen molar-refractivity contribution in [1.82, 2.24) is 14.7 Å². The van der Waals surface area contributed by atoms with Crippen LogP contribution < -0.4 is 0 Å². The predicted molar refractivity (Wildman–Crippen MR) is 88.0 cm³/mol. The molecule has 1 N–H and O–H groups in total. The minimum Gasteiger partial charge on any atom is -0.480 e. The lowest BCUT2D eigenvalue weighted by Crippen LogP contribution is -2.35. The smallest absolute Gasteiger partial charge is 0.323 e. The number of hydrogen-bond donors (Lipinski definition) is 1. The molecular weight excluding hydrogens is 352 g/mol. The molecule has 10 heteroatoms. The Morgan fingerprint density at radius 2 is 2.00 bits per heavy atom. The number of aryl methyl sites for hydroxylation is 1. The van der Waals surface area contributed by atoms with Crippen molar-refractivity contribution in [2.75, 3.05) is 6.54 Å². The summed E-state index contributed by atoms with van der Waals surface area (Å²) in [7, 11) is 0. The molecule has 0 aliphatic carbocycles. The van der Waals surface area contributed by atoms with Crippen LogP contribution >= 0.6 is 11.6 Å². The van der Waals surface area contributed by atoms with Gasteiger partial charge in [-0.15, -0.1) is 0 Å². The molecule has 1 aromatic carbocycles. The lowest BCUT2D eigenvalue weighted by Gasteiger charge is -2.21. The number of hydrogen-bond acceptors (Lipinski definition) is 5. The summed E-state index contributed by atoms with van der Waals surface area (Å²) in [5.41, 5.74) is 0.574. The van der Waals surface area contributed by atoms with Gasteiger partial charge in [-0.25, -0.2) is 0 Å². The van der Waals surface area contributed by atoms with E-state index in [-0.39, 0.29) is 25.2 Å². The molecule has 0 aliphatic heterocycles. The minimum absolute atomic E-state index is 0.0281. The Hall–Kier alpha value is -2.94. The summed E-state index contributed by atoms with van der Waals surface area (Å²) in [5, 5.41) is 23.9. The second-order valence-electron chi connectivity index (χ2n) is 5.24. The van der Waals surface area contributed by atoms with Crippen LogP contribution in [0.4, 0.5) is 5.69 Å². The molecule has 9 nitrogen and oxygen atoms in total. The fourth-order valence-corrected chi connectivity index (χ4v) is 2.27. The quantitative estimate of drug-likeness (QED) is 0.563. The van der Waals surface area contributed by atoms with Gasteiger partial charge in [-0.1, -0.05) is 23.7 Å². The molecule has 0 atom stereocenters. The van der Waals surface area contributed by atoms with Gasteiger partial charge in [0.05, 0.1) is 4.92 Å². The van der Waals surface area contributed by atoms with Crippen molar-refractivity contribution in [3.05, 3.63) is 57.4 Å². The van der Waals surface area contributed by atoms with Gasteiger partial charge in [0.25, 0.3) is 0 Å². The molecular formula is C15H15ClN4O5. The van der Waals surface area contributed by atoms with E-state index in [0.717, 1.165) is 11.8 Å². The number of amides is 1. The summed E-state index contributed by atoms with van der Waals surface area (Å²) in [4.78, 5) is 34.6. The van der Waals surface area contributed by atoms with Gasteiger partial charge in [-0.2, -0.15) is 5.10 Å². The van der Waals surface area contributed by atoms with Crippen molar-refractivity contribution in [2.24, 2.45) is 0 Å². The van der Waals surface area contributed by atoms with Crippen molar-refractivity contribution < 1.29 is 19.6 Å². The van der Waals surface area contributed by atoms with Crippen LogP contribution in [-0.4, -0.2) is 43.1 Å². The number of rotatable bonds is 8. The van der Waals surface area contributed by atoms with Gasteiger partial charge in [0.2, 0.25) is 5.91 Å². The Balaban J connectivity index is 2.00. The van der Waals surface area contributed by atoms with Crippen LogP contribution in [0.1, 0.15) is 12.0 Å². The van der Waals surface area contributed by atoms with E-state index in [9.17, 15) is 19.7 Å². The molecule has 0 spiro atoms. The SMILES string of the molecule is O=C(O)CN(Cc1ccc(Cl)cc1)C(=O)CCn1cc([N+](=O)[O-])cn1. The molecule has 2 aromatic rings. The fourth-order valence-electron chi connectivity index (χ4n) is 2.14. The molecule has 0 bridgehead atoms. The fraction of sp³-hybridized carbons (Fsp3) is 0.267. The first-order valence-electron chi connectivity index (χ1n) is 7.26. The van der Waals surface area contributed by atoms with E-state index < -0.39 is 23.3 Å². The molecule has 1 heterocycles. The van der Waals surface area contributed by atoms with Crippen LogP contribution in [0.25, 0.3) is 0 Å². The Bertz CT molecular complexity index is 774. The van der Waals surface area contributed by atoms with E-state index in [1.54, 1.807) is 24.3 Å². The van der Waals surface area contributed by atoms with E-state index in [2.05, 4.69) is 5.10 Å². The lowest BCUT2D eigenvalue weighted by molar-refractivity contribution is -0.385. The summed E-state index contributed by atoms with van der Waals surface area (Å²) in [6.45, 7) is -0.203. The average Bonchev–Trinajstić information content (AvgIpc) is 3.03. The number of carboxylic acids is 1. The van der Waals surface area contributed by atoms with Crippen LogP contribution in [0.2, 0.25) is 5.02 Å². The monoisotopic (exact) mass is 366 g/mol. The normalized spacial score (nSPS) is 10.4. The predicted octanol–water partition coefficient (Wildman–Crippen LogP) is 1.95. The first-order chi connectivity index (χ1) is 11.8. The maximum atomic E-state index is 12.3. The Morgan fingerprint density at radius 1 is 1.32 bits per heavy atom. The zero-order chi connectivity index (χ0) is 18.4. The third-order valence-corrected chi connectivity index (χ3v) is 3.60. The van der Waals surface area contributed by atoms with Crippen LogP contribution in [-0.2, 0) is 22.7 Å². The Morgan fingerprint density at radius 3 is 2.56 bits per heavy atom. The zero-order valence-corrected chi connectivity index (χ0v) is 13.8. The third-order valence-electron chi connectivity index (χ3n) is 3.35. The maximum Gasteiger partial charge on any atom is 0.323 e. The van der Waals surface area contributed by atoms with Gasteiger partial charge in [0.1, 0.15) is 18.9 Å². The topological polar surface area (TPSA) is 119 Å². The third kappa shape index (κ3) is 5.57. The van der Waals surface area contributed by atoms with Crippen LogP contribution in [0, 0.1) is 10.1 Å². The molecule has 25 heavy (non-hydrogen) atoms. The van der Waals surface area contributed by atoms with E-state index in [1.807, 2.05) is 0 Å². The summed E-state index contributed by atoms with van der Waals surface area (Å²) in [6, 6.07) is 6.73. The highest BCUT2D eigenvalue weighted by molar-refractivity contribution is 6.30. The molecule has 0 saturated heterocycles. The van der Waals surface area contributed by atoms with Gasteiger partial charge in [-0.3, -0.25) is 24.4 Å². The van der Waals surface area contributed by atoms with Crippen molar-refractivity contribution in [2.45, 2.75) is 19.5 Å². The average molecular weight is 367 g/mol. The van der Waals surface area contributed by atoms with E-state index in [1.165, 1.54) is 15.8 Å². The largest absolute Gasteiger partial charge is 0.480 e. The van der Waals surface area contributed by atoms with Gasteiger partial charge in [0, 0.05) is 24.5 Å². The lowest BCUT2D eigenvalue weighted by atomic mass is 10.2. The molecule has 0 aliphatic rings. The minimum atomic E-state index is -1.13. The van der Waals surface area contributed by atoms with E-state index >= 15 is 0 Å². The maximum absolute atomic E-state index is 12.3. The molecule has 132 valence electrons. The van der Waals surface area contributed by atoms with Crippen molar-refractivity contribution >= 4 is 29.2 Å². The molecule has 0 radical (unpaired) electrons. The molecule has 0 saturated carbocycles. The van der Waals surface area contributed by atoms with Gasteiger partial charge < -0.3 is 10.0 Å². The first kappa shape index (κ1) is 18.4. The van der Waals surface area contributed by atoms with E-state index in [0.29, 0.717) is 5.02 Å². The van der Waals surface area contributed by atoms with Crippen LogP contribution in [0.5, 0.6) is 0 Å². The molecule has 1 amide bonds. The van der Waals surface area contributed by atoms with Crippen molar-refractivity contribution in [3.8, 4) is 0 Å². The standard InChI is InChI=1S/C15H15ClN4O5/c16-12-3-1-11(2-4-12)8-18(10-15(22)23)14(21)5-6-19-9-13(7-17-19)20(24)25/h1-4,7,9H,5-6,8,10H2,(H,22,23). The number of nitro groups is 1. The molecule has 0 fully saturated rings. The summed E-state index contributed by atoms with van der Waals surface area (Å²) < 4.78 is 1.28. The Labute approximate surface area is 147 Å². The number of carbonyl (C=O) groups excluding carboxylic acids is 1. The number of nitrogens with zero attached hydrogens (tertiary/aromatic N) is 4. The van der Waals surface area contributed by atoms with Crippen molar-refractivity contribution in [1.29, 1.82) is 0 Å². The summed E-state index contributed by atoms with van der Waals surface area (Å²) in [6.07, 6.45) is 2.28. The van der Waals surface area contributed by atoms with Gasteiger partial charge in [0.15, 0.2) is 0 Å². The number of benzene rings is 1. The highest BCUT2D eigenvalue weighted by Crippen LogP contribution is 2.13. The molecule has 0 unspecified atom stereocenters. The molecule has 2 rings (SSSR count). The number of halogens is 1. The highest BCUT2D eigenvalue weighted by atomic mass is 35.5. The Kier molecular flexibility index (Phi) is 6.07. The highest BCUT2D eigenvalue weighted by Gasteiger charge is 2.18. The van der Waals surface area contributed by atoms with Crippen molar-refractivity contribution in [3.63, 3.8) is 0 Å². The first-order valence-corrected chi connectivity index (χ1v) is 7.64. The van der Waals surface area contributed by atoms with Gasteiger partial charge >= 0.3 is 11.7 Å². The summed E-state index contributed by atoms with van der Waals surface area (Å²) in [5.74, 6) is -1.52. The van der Waals surface area contributed by atoms with Crippen LogP contribution in [0.3, 0.4) is 0 Å². The number of aliphatic carboxylic acids is 1.